The molecule has 0 bridgehead atoms. The summed E-state index contributed by atoms with van der Waals surface area (Å²) in [5.41, 5.74) is 4.53. The molecule has 1 heterocycles. The van der Waals surface area contributed by atoms with Crippen molar-refractivity contribution in [2.75, 3.05) is 41.6 Å². The maximum Gasteiger partial charge on any atom is 0.251 e. The lowest BCUT2D eigenvalue weighted by Gasteiger charge is -2.25. The van der Waals surface area contributed by atoms with E-state index in [1.54, 1.807) is 18.2 Å². The second kappa shape index (κ2) is 8.22. The minimum atomic E-state index is -3.28. The maximum atomic E-state index is 12.5. The molecule has 0 saturated heterocycles. The van der Waals surface area contributed by atoms with E-state index in [1.807, 2.05) is 12.1 Å². The van der Waals surface area contributed by atoms with Gasteiger partial charge in [-0.05, 0) is 55.7 Å². The lowest BCUT2D eigenvalue weighted by molar-refractivity contribution is 0.0954. The number of likely N-dealkylation sites (N-methyl/N-ethyl adjacent to an activating group) is 1. The second-order valence-electron chi connectivity index (χ2n) is 7.05. The molecule has 1 amide bonds. The molecule has 3 rings (SSSR count). The molecular formula is C21H27N3O3S. The molecule has 7 heteroatoms. The summed E-state index contributed by atoms with van der Waals surface area (Å²) in [6.07, 6.45) is 1.83. The number of carbonyl (C=O) groups excluding carboxylic acids is 1. The molecule has 1 aliphatic heterocycles. The predicted octanol–water partition coefficient (Wildman–Crippen LogP) is 2.57. The van der Waals surface area contributed by atoms with E-state index in [0.717, 1.165) is 18.7 Å². The second-order valence-corrected chi connectivity index (χ2v) is 8.96. The van der Waals surface area contributed by atoms with Gasteiger partial charge in [-0.1, -0.05) is 18.2 Å². The first-order chi connectivity index (χ1) is 13.3. The van der Waals surface area contributed by atoms with Gasteiger partial charge in [-0.25, -0.2) is 8.42 Å². The van der Waals surface area contributed by atoms with Crippen LogP contribution >= 0.6 is 0 Å². The van der Waals surface area contributed by atoms with Gasteiger partial charge in [-0.2, -0.15) is 0 Å². The van der Waals surface area contributed by atoms with E-state index in [-0.39, 0.29) is 5.91 Å². The van der Waals surface area contributed by atoms with E-state index < -0.39 is 10.0 Å². The summed E-state index contributed by atoms with van der Waals surface area (Å²) in [5, 5.41) is 2.97. The van der Waals surface area contributed by atoms with Crippen molar-refractivity contribution in [2.45, 2.75) is 20.3 Å². The van der Waals surface area contributed by atoms with E-state index in [2.05, 4.69) is 36.2 Å². The number of nitrogens with one attached hydrogen (secondary N) is 1. The number of nitrogens with zero attached hydrogens (tertiary/aromatic N) is 2. The lowest BCUT2D eigenvalue weighted by atomic mass is 10.1. The fraction of sp³-hybridized carbons (Fsp3) is 0.381. The molecule has 0 saturated carbocycles. The highest BCUT2D eigenvalue weighted by atomic mass is 32.2. The first-order valence-corrected chi connectivity index (χ1v) is 11.4. The van der Waals surface area contributed by atoms with Crippen LogP contribution in [0.4, 0.5) is 11.4 Å². The van der Waals surface area contributed by atoms with E-state index in [4.69, 9.17) is 0 Å². The summed E-state index contributed by atoms with van der Waals surface area (Å²) in [4.78, 5) is 14.8. The van der Waals surface area contributed by atoms with E-state index >= 15 is 0 Å². The number of carbonyl (C=O) groups is 1. The topological polar surface area (TPSA) is 69.7 Å². The molecule has 0 aromatic heterocycles. The van der Waals surface area contributed by atoms with Crippen molar-refractivity contribution >= 4 is 27.3 Å². The maximum absolute atomic E-state index is 12.5. The predicted molar refractivity (Wildman–Crippen MR) is 114 cm³/mol. The Labute approximate surface area is 167 Å². The summed E-state index contributed by atoms with van der Waals surface area (Å²) >= 11 is 0. The molecule has 0 unspecified atom stereocenters. The molecule has 0 atom stereocenters. The number of hydrogen-bond donors (Lipinski definition) is 1. The third kappa shape index (κ3) is 4.30. The van der Waals surface area contributed by atoms with Crippen LogP contribution in [0.25, 0.3) is 0 Å². The smallest absolute Gasteiger partial charge is 0.251 e. The summed E-state index contributed by atoms with van der Waals surface area (Å²) in [7, 11) is -3.28. The van der Waals surface area contributed by atoms with Crippen LogP contribution in [-0.2, 0) is 16.4 Å². The number of anilines is 2. The Morgan fingerprint density at radius 3 is 2.64 bits per heavy atom. The minimum absolute atomic E-state index is 0.138. The molecule has 28 heavy (non-hydrogen) atoms. The van der Waals surface area contributed by atoms with Crippen LogP contribution in [0.15, 0.2) is 42.5 Å². The van der Waals surface area contributed by atoms with E-state index in [9.17, 15) is 13.2 Å². The van der Waals surface area contributed by atoms with Gasteiger partial charge < -0.3 is 10.2 Å². The number of sulfonamides is 1. The van der Waals surface area contributed by atoms with Gasteiger partial charge in [0.25, 0.3) is 5.91 Å². The van der Waals surface area contributed by atoms with Gasteiger partial charge in [-0.15, -0.1) is 0 Å². The SMILES string of the molecule is CCN(CCNC(=O)c1ccc2c(c1)CCN2S(C)(=O)=O)c1ccccc1C. The van der Waals surface area contributed by atoms with Crippen molar-refractivity contribution < 1.29 is 13.2 Å². The Kier molecular flexibility index (Phi) is 5.93. The number of para-hydroxylation sites is 1. The van der Waals surface area contributed by atoms with Crippen LogP contribution in [0.3, 0.4) is 0 Å². The first kappa shape index (κ1) is 20.2. The van der Waals surface area contributed by atoms with Crippen LogP contribution in [-0.4, -0.2) is 46.8 Å². The molecule has 0 fully saturated rings. The summed E-state index contributed by atoms with van der Waals surface area (Å²) in [6.45, 7) is 6.73. The summed E-state index contributed by atoms with van der Waals surface area (Å²) in [6, 6.07) is 13.4. The van der Waals surface area contributed by atoms with Crippen LogP contribution < -0.4 is 14.5 Å². The van der Waals surface area contributed by atoms with Gasteiger partial charge in [0.1, 0.15) is 0 Å². The Morgan fingerprint density at radius 2 is 1.96 bits per heavy atom. The van der Waals surface area contributed by atoms with Crippen molar-refractivity contribution in [3.63, 3.8) is 0 Å². The molecule has 0 spiro atoms. The Hall–Kier alpha value is -2.54. The fourth-order valence-corrected chi connectivity index (χ4v) is 4.59. The number of benzene rings is 2. The molecule has 2 aromatic carbocycles. The highest BCUT2D eigenvalue weighted by Gasteiger charge is 2.26. The summed E-state index contributed by atoms with van der Waals surface area (Å²) in [5.74, 6) is -0.138. The number of rotatable bonds is 7. The normalized spacial score (nSPS) is 13.3. The summed E-state index contributed by atoms with van der Waals surface area (Å²) < 4.78 is 25.1. The largest absolute Gasteiger partial charge is 0.370 e. The highest BCUT2D eigenvalue weighted by molar-refractivity contribution is 7.92. The van der Waals surface area contributed by atoms with Gasteiger partial charge >= 0.3 is 0 Å². The zero-order valence-corrected chi connectivity index (χ0v) is 17.4. The lowest BCUT2D eigenvalue weighted by Crippen LogP contribution is -2.35. The van der Waals surface area contributed by atoms with E-state index in [0.29, 0.717) is 30.8 Å². The molecular weight excluding hydrogens is 374 g/mol. The van der Waals surface area contributed by atoms with Crippen molar-refractivity contribution in [1.82, 2.24) is 5.32 Å². The molecule has 6 nitrogen and oxygen atoms in total. The average Bonchev–Trinajstić information content (AvgIpc) is 3.09. The number of fused-ring (bicyclic) bond motifs is 1. The van der Waals surface area contributed by atoms with Gasteiger partial charge in [0.2, 0.25) is 10.0 Å². The number of hydrogen-bond acceptors (Lipinski definition) is 4. The zero-order chi connectivity index (χ0) is 20.3. The van der Waals surface area contributed by atoms with Gasteiger partial charge in [0.05, 0.1) is 11.9 Å². The van der Waals surface area contributed by atoms with Gasteiger partial charge in [0.15, 0.2) is 0 Å². The zero-order valence-electron chi connectivity index (χ0n) is 16.6. The third-order valence-corrected chi connectivity index (χ3v) is 6.28. The molecule has 0 radical (unpaired) electrons. The minimum Gasteiger partial charge on any atom is -0.370 e. The van der Waals surface area contributed by atoms with Crippen molar-refractivity contribution in [2.24, 2.45) is 0 Å². The Balaban J connectivity index is 1.62. The van der Waals surface area contributed by atoms with Crippen molar-refractivity contribution in [1.29, 1.82) is 0 Å². The first-order valence-electron chi connectivity index (χ1n) is 9.50. The van der Waals surface area contributed by atoms with Crippen LogP contribution in [0.1, 0.15) is 28.4 Å². The standard InChI is InChI=1S/C21H27N3O3S/c1-4-23(19-8-6-5-7-16(19)2)14-12-22-21(25)18-9-10-20-17(15-18)11-13-24(20)28(3,26)27/h5-10,15H,4,11-14H2,1-3H3,(H,22,25). The van der Waals surface area contributed by atoms with E-state index in [1.165, 1.54) is 21.8 Å². The van der Waals surface area contributed by atoms with Gasteiger partial charge in [-0.3, -0.25) is 9.10 Å². The van der Waals surface area contributed by atoms with Crippen molar-refractivity contribution in [3.8, 4) is 0 Å². The third-order valence-electron chi connectivity index (χ3n) is 5.10. The molecule has 0 aliphatic carbocycles. The Bertz CT molecular complexity index is 973. The van der Waals surface area contributed by atoms with Crippen molar-refractivity contribution in [3.05, 3.63) is 59.2 Å². The number of amides is 1. The molecule has 2 aromatic rings. The van der Waals surface area contributed by atoms with Crippen LogP contribution in [0.5, 0.6) is 0 Å². The highest BCUT2D eigenvalue weighted by Crippen LogP contribution is 2.30. The monoisotopic (exact) mass is 401 g/mol. The van der Waals surface area contributed by atoms with Gasteiger partial charge in [0, 0.05) is 37.4 Å². The Morgan fingerprint density at radius 1 is 1.21 bits per heavy atom. The quantitative estimate of drug-likeness (QED) is 0.774. The molecule has 1 N–H and O–H groups in total. The average molecular weight is 402 g/mol. The fourth-order valence-electron chi connectivity index (χ4n) is 3.63. The number of aryl methyl sites for hydroxylation is 1. The molecule has 1 aliphatic rings. The van der Waals surface area contributed by atoms with Crippen LogP contribution in [0.2, 0.25) is 0 Å². The molecule has 150 valence electrons. The van der Waals surface area contributed by atoms with Crippen LogP contribution in [0, 0.1) is 6.92 Å².